The van der Waals surface area contributed by atoms with Gasteiger partial charge < -0.3 is 19.5 Å². The Morgan fingerprint density at radius 2 is 1.90 bits per heavy atom. The molecule has 8 nitrogen and oxygen atoms in total. The molecular weight excluding hydrogens is 382 g/mol. The number of hydrogen-bond donors (Lipinski definition) is 1. The van der Waals surface area contributed by atoms with E-state index in [1.165, 1.54) is 5.56 Å². The van der Waals surface area contributed by atoms with Gasteiger partial charge in [0.15, 0.2) is 5.82 Å². The molecule has 2 amide bonds. The first-order valence-corrected chi connectivity index (χ1v) is 9.93. The van der Waals surface area contributed by atoms with Crippen molar-refractivity contribution in [2.75, 3.05) is 38.6 Å². The summed E-state index contributed by atoms with van der Waals surface area (Å²) in [5.41, 5.74) is 2.82. The molecule has 1 aromatic heterocycles. The van der Waals surface area contributed by atoms with Crippen molar-refractivity contribution < 1.29 is 14.1 Å². The molecule has 0 atom stereocenters. The van der Waals surface area contributed by atoms with E-state index in [9.17, 15) is 4.79 Å². The first-order valence-electron chi connectivity index (χ1n) is 9.93. The molecule has 2 heterocycles. The lowest BCUT2D eigenvalue weighted by atomic mass is 10.1. The summed E-state index contributed by atoms with van der Waals surface area (Å²) in [5, 5.41) is 7.03. The summed E-state index contributed by atoms with van der Waals surface area (Å²) in [6, 6.07) is 15.2. The SMILES string of the molecule is COc1cccc(NC(=O)N2CCN(Cc3noc(-c4ccc(C)cc4)n3)CC2)c1. The van der Waals surface area contributed by atoms with Gasteiger partial charge in [-0.3, -0.25) is 4.90 Å². The van der Waals surface area contributed by atoms with Crippen molar-refractivity contribution in [1.29, 1.82) is 0 Å². The van der Waals surface area contributed by atoms with Crippen LogP contribution < -0.4 is 10.1 Å². The van der Waals surface area contributed by atoms with Crippen LogP contribution in [0, 0.1) is 6.92 Å². The van der Waals surface area contributed by atoms with Gasteiger partial charge in [0.25, 0.3) is 5.89 Å². The number of nitrogens with one attached hydrogen (secondary N) is 1. The average molecular weight is 407 g/mol. The van der Waals surface area contributed by atoms with Crippen LogP contribution in [-0.4, -0.2) is 59.3 Å². The molecule has 1 N–H and O–H groups in total. The van der Waals surface area contributed by atoms with Crippen LogP contribution in [0.1, 0.15) is 11.4 Å². The van der Waals surface area contributed by atoms with E-state index < -0.39 is 0 Å². The summed E-state index contributed by atoms with van der Waals surface area (Å²) in [4.78, 5) is 21.1. The van der Waals surface area contributed by atoms with Crippen molar-refractivity contribution in [3.8, 4) is 17.2 Å². The quantitative estimate of drug-likeness (QED) is 0.698. The molecule has 156 valence electrons. The second-order valence-electron chi connectivity index (χ2n) is 7.31. The van der Waals surface area contributed by atoms with Crippen LogP contribution in [-0.2, 0) is 6.54 Å². The number of amides is 2. The highest BCUT2D eigenvalue weighted by atomic mass is 16.5. The molecule has 2 aromatic carbocycles. The van der Waals surface area contributed by atoms with Crippen LogP contribution in [0.3, 0.4) is 0 Å². The smallest absolute Gasteiger partial charge is 0.321 e. The number of rotatable bonds is 5. The topological polar surface area (TPSA) is 83.7 Å². The van der Waals surface area contributed by atoms with Gasteiger partial charge in [-0.05, 0) is 31.2 Å². The molecule has 1 fully saturated rings. The van der Waals surface area contributed by atoms with Crippen molar-refractivity contribution in [1.82, 2.24) is 19.9 Å². The van der Waals surface area contributed by atoms with Crippen molar-refractivity contribution in [3.05, 3.63) is 59.9 Å². The monoisotopic (exact) mass is 407 g/mol. The normalized spacial score (nSPS) is 14.5. The number of hydrogen-bond acceptors (Lipinski definition) is 6. The average Bonchev–Trinajstić information content (AvgIpc) is 3.23. The van der Waals surface area contributed by atoms with Crippen LogP contribution in [0.15, 0.2) is 53.1 Å². The number of methoxy groups -OCH3 is 1. The molecule has 8 heteroatoms. The van der Waals surface area contributed by atoms with Gasteiger partial charge in [0.2, 0.25) is 0 Å². The molecule has 1 aliphatic rings. The third-order valence-electron chi connectivity index (χ3n) is 5.11. The molecule has 0 spiro atoms. The number of aromatic nitrogens is 2. The summed E-state index contributed by atoms with van der Waals surface area (Å²) in [6.45, 7) is 5.41. The fourth-order valence-corrected chi connectivity index (χ4v) is 3.34. The summed E-state index contributed by atoms with van der Waals surface area (Å²) < 4.78 is 10.6. The molecule has 0 bridgehead atoms. The van der Waals surface area contributed by atoms with Crippen molar-refractivity contribution in [2.24, 2.45) is 0 Å². The van der Waals surface area contributed by atoms with Crippen LogP contribution in [0.5, 0.6) is 5.75 Å². The van der Waals surface area contributed by atoms with E-state index in [4.69, 9.17) is 9.26 Å². The van der Waals surface area contributed by atoms with Crippen LogP contribution in [0.4, 0.5) is 10.5 Å². The number of piperazine rings is 1. The van der Waals surface area contributed by atoms with Gasteiger partial charge >= 0.3 is 6.03 Å². The minimum atomic E-state index is -0.107. The summed E-state index contributed by atoms with van der Waals surface area (Å²) in [5.74, 6) is 1.89. The largest absolute Gasteiger partial charge is 0.497 e. The highest BCUT2D eigenvalue weighted by Gasteiger charge is 2.22. The molecule has 0 aliphatic carbocycles. The second kappa shape index (κ2) is 8.96. The minimum absolute atomic E-state index is 0.107. The number of benzene rings is 2. The van der Waals surface area contributed by atoms with Crippen molar-refractivity contribution in [3.63, 3.8) is 0 Å². The van der Waals surface area contributed by atoms with Crippen LogP contribution >= 0.6 is 0 Å². The van der Waals surface area contributed by atoms with Gasteiger partial charge in [0.05, 0.1) is 13.7 Å². The first kappa shape index (κ1) is 19.9. The summed E-state index contributed by atoms with van der Waals surface area (Å²) >= 11 is 0. The number of anilines is 1. The van der Waals surface area contributed by atoms with Crippen LogP contribution in [0.25, 0.3) is 11.5 Å². The van der Waals surface area contributed by atoms with E-state index in [0.29, 0.717) is 37.1 Å². The summed E-state index contributed by atoms with van der Waals surface area (Å²) in [6.07, 6.45) is 0. The van der Waals surface area contributed by atoms with E-state index in [-0.39, 0.29) is 6.03 Å². The molecule has 3 aromatic rings. The Balaban J connectivity index is 1.28. The molecule has 0 radical (unpaired) electrons. The third-order valence-corrected chi connectivity index (χ3v) is 5.11. The highest BCUT2D eigenvalue weighted by Crippen LogP contribution is 2.19. The van der Waals surface area contributed by atoms with E-state index >= 15 is 0 Å². The Morgan fingerprint density at radius 1 is 1.13 bits per heavy atom. The van der Waals surface area contributed by atoms with Crippen molar-refractivity contribution in [2.45, 2.75) is 13.5 Å². The van der Waals surface area contributed by atoms with Crippen LogP contribution in [0.2, 0.25) is 0 Å². The van der Waals surface area contributed by atoms with E-state index in [1.54, 1.807) is 13.2 Å². The molecule has 4 rings (SSSR count). The van der Waals surface area contributed by atoms with Gasteiger partial charge in [-0.25, -0.2) is 4.79 Å². The van der Waals surface area contributed by atoms with Gasteiger partial charge in [0, 0.05) is 43.5 Å². The van der Waals surface area contributed by atoms with Gasteiger partial charge in [-0.15, -0.1) is 0 Å². The second-order valence-corrected chi connectivity index (χ2v) is 7.31. The number of carbonyl (C=O) groups is 1. The number of aryl methyl sites for hydroxylation is 1. The first-order chi connectivity index (χ1) is 14.6. The van der Waals surface area contributed by atoms with E-state index in [2.05, 4.69) is 20.4 Å². The Kier molecular flexibility index (Phi) is 5.94. The lowest BCUT2D eigenvalue weighted by Crippen LogP contribution is -2.49. The summed E-state index contributed by atoms with van der Waals surface area (Å²) in [7, 11) is 1.60. The molecule has 1 saturated heterocycles. The van der Waals surface area contributed by atoms with E-state index in [1.807, 2.05) is 54.3 Å². The molecule has 0 saturated carbocycles. The van der Waals surface area contributed by atoms with Gasteiger partial charge in [-0.1, -0.05) is 28.9 Å². The molecular formula is C22H25N5O3. The maximum Gasteiger partial charge on any atom is 0.321 e. The number of urea groups is 1. The molecule has 30 heavy (non-hydrogen) atoms. The lowest BCUT2D eigenvalue weighted by Gasteiger charge is -2.34. The fraction of sp³-hybridized carbons (Fsp3) is 0.318. The lowest BCUT2D eigenvalue weighted by molar-refractivity contribution is 0.140. The minimum Gasteiger partial charge on any atom is -0.497 e. The third kappa shape index (κ3) is 4.77. The fourth-order valence-electron chi connectivity index (χ4n) is 3.34. The zero-order valence-corrected chi connectivity index (χ0v) is 17.2. The van der Waals surface area contributed by atoms with Crippen molar-refractivity contribution >= 4 is 11.7 Å². The zero-order chi connectivity index (χ0) is 20.9. The predicted octanol–water partition coefficient (Wildman–Crippen LogP) is 3.40. The number of ether oxygens (including phenoxy) is 1. The number of nitrogens with zero attached hydrogens (tertiary/aromatic N) is 4. The van der Waals surface area contributed by atoms with Gasteiger partial charge in [-0.2, -0.15) is 4.98 Å². The molecule has 1 aliphatic heterocycles. The standard InChI is InChI=1S/C22H25N5O3/c1-16-6-8-17(9-7-16)21-24-20(25-30-21)15-26-10-12-27(13-11-26)22(28)23-18-4-3-5-19(14-18)29-2/h3-9,14H,10-13,15H2,1-2H3,(H,23,28). The maximum atomic E-state index is 12.5. The highest BCUT2D eigenvalue weighted by molar-refractivity contribution is 5.89. The number of carbonyl (C=O) groups excluding carboxylic acids is 1. The predicted molar refractivity (Wildman–Crippen MR) is 113 cm³/mol. The van der Waals surface area contributed by atoms with Gasteiger partial charge in [0.1, 0.15) is 5.75 Å². The maximum absolute atomic E-state index is 12.5. The molecule has 0 unspecified atom stereocenters. The van der Waals surface area contributed by atoms with E-state index in [0.717, 1.165) is 24.3 Å². The Bertz CT molecular complexity index is 994. The Labute approximate surface area is 175 Å². The Hall–Kier alpha value is -3.39. The zero-order valence-electron chi connectivity index (χ0n) is 17.2. The Morgan fingerprint density at radius 3 is 2.63 bits per heavy atom.